The van der Waals surface area contributed by atoms with Crippen LogP contribution in [0.4, 0.5) is 0 Å². The maximum atomic E-state index is 6.09. The van der Waals surface area contributed by atoms with Crippen molar-refractivity contribution in [3.8, 4) is 0 Å². The molecule has 1 heteroatoms. The molecule has 2 N–H and O–H groups in total. The van der Waals surface area contributed by atoms with Crippen LogP contribution in [0.15, 0.2) is 0 Å². The number of hydrogen-bond acceptors (Lipinski definition) is 1. The highest BCUT2D eigenvalue weighted by molar-refractivity contribution is 4.61. The van der Waals surface area contributed by atoms with Crippen molar-refractivity contribution < 1.29 is 0 Å². The van der Waals surface area contributed by atoms with E-state index in [2.05, 4.69) is 20.8 Å². The summed E-state index contributed by atoms with van der Waals surface area (Å²) in [6.45, 7) is 6.90. The molecule has 0 radical (unpaired) electrons. The Labute approximate surface area is 129 Å². The van der Waals surface area contributed by atoms with E-state index in [1.165, 1.54) is 89.9 Å². The molecule has 0 aromatic heterocycles. The molecule has 0 bridgehead atoms. The Morgan fingerprint density at radius 2 is 1.00 bits per heavy atom. The van der Waals surface area contributed by atoms with Crippen molar-refractivity contribution in [1.29, 1.82) is 0 Å². The highest BCUT2D eigenvalue weighted by Crippen LogP contribution is 2.14. The molecule has 0 aromatic carbocycles. The molecule has 0 fully saturated rings. The van der Waals surface area contributed by atoms with Gasteiger partial charge >= 0.3 is 0 Å². The fraction of sp³-hybridized carbons (Fsp3) is 1.00. The van der Waals surface area contributed by atoms with Gasteiger partial charge in [0.25, 0.3) is 0 Å². The summed E-state index contributed by atoms with van der Waals surface area (Å²) in [5.41, 5.74) is 6.09. The number of unbranched alkanes of at least 4 members (excludes halogenated alkanes) is 9. The third-order valence-corrected chi connectivity index (χ3v) is 4.28. The minimum atomic E-state index is 0.468. The maximum absolute atomic E-state index is 6.09. The summed E-state index contributed by atoms with van der Waals surface area (Å²) in [5.74, 6) is 0.888. The van der Waals surface area contributed by atoms with E-state index < -0.39 is 0 Å². The third kappa shape index (κ3) is 16.0. The summed E-state index contributed by atoms with van der Waals surface area (Å²) in [6.07, 6.45) is 19.3. The maximum Gasteiger partial charge on any atom is 0.00388 e. The molecule has 0 aliphatic carbocycles. The van der Waals surface area contributed by atoms with Crippen LogP contribution < -0.4 is 5.73 Å². The minimum Gasteiger partial charge on any atom is -0.328 e. The Morgan fingerprint density at radius 1 is 0.600 bits per heavy atom. The molecule has 0 saturated heterocycles. The average molecular weight is 284 g/mol. The van der Waals surface area contributed by atoms with Crippen LogP contribution in [0.25, 0.3) is 0 Å². The predicted octanol–water partition coefficient (Wildman–Crippen LogP) is 6.45. The first-order valence-electron chi connectivity index (χ1n) is 9.42. The summed E-state index contributed by atoms with van der Waals surface area (Å²) in [6, 6.07) is 0.468. The van der Waals surface area contributed by atoms with Gasteiger partial charge in [-0.15, -0.1) is 0 Å². The van der Waals surface area contributed by atoms with E-state index in [1.54, 1.807) is 0 Å². The normalized spacial score (nSPS) is 13.1. The van der Waals surface area contributed by atoms with Gasteiger partial charge in [0.15, 0.2) is 0 Å². The molecular weight excluding hydrogens is 242 g/mol. The van der Waals surface area contributed by atoms with Gasteiger partial charge in [0.05, 0.1) is 0 Å². The Kier molecular flexibility index (Phi) is 15.3. The summed E-state index contributed by atoms with van der Waals surface area (Å²) < 4.78 is 0. The summed E-state index contributed by atoms with van der Waals surface area (Å²) in [4.78, 5) is 0. The zero-order chi connectivity index (χ0) is 15.1. The van der Waals surface area contributed by atoms with Crippen molar-refractivity contribution in [1.82, 2.24) is 0 Å². The lowest BCUT2D eigenvalue weighted by atomic mass is 10.0. The van der Waals surface area contributed by atoms with Crippen molar-refractivity contribution in [2.45, 2.75) is 117 Å². The van der Waals surface area contributed by atoms with Crippen LogP contribution in [0.1, 0.15) is 111 Å². The molecule has 0 aromatic rings. The molecule has 0 heterocycles. The Bertz CT molecular complexity index is 177. The molecule has 0 aliphatic heterocycles. The fourth-order valence-corrected chi connectivity index (χ4v) is 2.81. The average Bonchev–Trinajstić information content (AvgIpc) is 2.42. The molecule has 1 nitrogen and oxygen atoms in total. The number of nitrogens with two attached hydrogens (primary N) is 1. The fourth-order valence-electron chi connectivity index (χ4n) is 2.81. The van der Waals surface area contributed by atoms with E-state index in [1.807, 2.05) is 0 Å². The van der Waals surface area contributed by atoms with Gasteiger partial charge < -0.3 is 5.73 Å². The van der Waals surface area contributed by atoms with Gasteiger partial charge in [-0.05, 0) is 18.8 Å². The second-order valence-corrected chi connectivity index (χ2v) is 7.06. The summed E-state index contributed by atoms with van der Waals surface area (Å²) in [5, 5.41) is 0. The standard InChI is InChI=1S/C19H41N/c1-4-5-16-19(20)17-14-12-10-8-6-7-9-11-13-15-18(2)3/h18-19H,4-17,20H2,1-3H3. The SMILES string of the molecule is CCCCC(N)CCCCCCCCCCCC(C)C. The van der Waals surface area contributed by atoms with Crippen LogP contribution in [-0.4, -0.2) is 6.04 Å². The van der Waals surface area contributed by atoms with E-state index in [-0.39, 0.29) is 0 Å². The molecule has 0 amide bonds. The predicted molar refractivity (Wildman–Crippen MR) is 93.1 cm³/mol. The van der Waals surface area contributed by atoms with Crippen LogP contribution in [0, 0.1) is 5.92 Å². The van der Waals surface area contributed by atoms with Crippen LogP contribution in [0.2, 0.25) is 0 Å². The van der Waals surface area contributed by atoms with E-state index in [0.29, 0.717) is 6.04 Å². The first kappa shape index (κ1) is 20.0. The molecule has 0 rings (SSSR count). The summed E-state index contributed by atoms with van der Waals surface area (Å²) >= 11 is 0. The van der Waals surface area contributed by atoms with Gasteiger partial charge in [-0.1, -0.05) is 97.8 Å². The van der Waals surface area contributed by atoms with Gasteiger partial charge in [-0.25, -0.2) is 0 Å². The first-order valence-corrected chi connectivity index (χ1v) is 9.42. The van der Waals surface area contributed by atoms with Crippen molar-refractivity contribution in [2.75, 3.05) is 0 Å². The lowest BCUT2D eigenvalue weighted by Gasteiger charge is -2.10. The second-order valence-electron chi connectivity index (χ2n) is 7.06. The molecule has 1 unspecified atom stereocenters. The highest BCUT2D eigenvalue weighted by atomic mass is 14.6. The number of rotatable bonds is 15. The van der Waals surface area contributed by atoms with Gasteiger partial charge in [-0.3, -0.25) is 0 Å². The lowest BCUT2D eigenvalue weighted by Crippen LogP contribution is -2.19. The molecule has 20 heavy (non-hydrogen) atoms. The molecule has 0 saturated carbocycles. The second kappa shape index (κ2) is 15.4. The van der Waals surface area contributed by atoms with Crippen LogP contribution in [0.3, 0.4) is 0 Å². The lowest BCUT2D eigenvalue weighted by molar-refractivity contribution is 0.487. The van der Waals surface area contributed by atoms with Crippen LogP contribution in [-0.2, 0) is 0 Å². The minimum absolute atomic E-state index is 0.468. The Morgan fingerprint density at radius 3 is 1.45 bits per heavy atom. The summed E-state index contributed by atoms with van der Waals surface area (Å²) in [7, 11) is 0. The van der Waals surface area contributed by atoms with Gasteiger partial charge in [0.2, 0.25) is 0 Å². The quantitative estimate of drug-likeness (QED) is 0.343. The largest absolute Gasteiger partial charge is 0.328 e. The highest BCUT2D eigenvalue weighted by Gasteiger charge is 2.01. The van der Waals surface area contributed by atoms with Crippen molar-refractivity contribution >= 4 is 0 Å². The van der Waals surface area contributed by atoms with Gasteiger partial charge in [-0.2, -0.15) is 0 Å². The molecule has 0 aliphatic rings. The van der Waals surface area contributed by atoms with E-state index in [0.717, 1.165) is 5.92 Å². The zero-order valence-corrected chi connectivity index (χ0v) is 14.6. The van der Waals surface area contributed by atoms with E-state index in [9.17, 15) is 0 Å². The van der Waals surface area contributed by atoms with Crippen LogP contribution in [0.5, 0.6) is 0 Å². The van der Waals surface area contributed by atoms with Gasteiger partial charge in [0, 0.05) is 6.04 Å². The molecular formula is C19H41N. The Hall–Kier alpha value is -0.0400. The molecule has 1 atom stereocenters. The van der Waals surface area contributed by atoms with Gasteiger partial charge in [0.1, 0.15) is 0 Å². The molecule has 122 valence electrons. The van der Waals surface area contributed by atoms with Crippen molar-refractivity contribution in [3.05, 3.63) is 0 Å². The van der Waals surface area contributed by atoms with E-state index >= 15 is 0 Å². The smallest absolute Gasteiger partial charge is 0.00388 e. The topological polar surface area (TPSA) is 26.0 Å². The van der Waals surface area contributed by atoms with Crippen molar-refractivity contribution in [3.63, 3.8) is 0 Å². The van der Waals surface area contributed by atoms with Crippen LogP contribution >= 0.6 is 0 Å². The van der Waals surface area contributed by atoms with Crippen molar-refractivity contribution in [2.24, 2.45) is 11.7 Å². The monoisotopic (exact) mass is 283 g/mol. The first-order chi connectivity index (χ1) is 9.66. The van der Waals surface area contributed by atoms with E-state index in [4.69, 9.17) is 5.73 Å². The zero-order valence-electron chi connectivity index (χ0n) is 14.6. The Balaban J connectivity index is 3.06. The molecule has 0 spiro atoms. The third-order valence-electron chi connectivity index (χ3n) is 4.28. The number of hydrogen-bond donors (Lipinski definition) is 1.